The monoisotopic (exact) mass is 286 g/mol. The molecular weight excluding hydrogens is 260 g/mol. The first-order chi connectivity index (χ1) is 9.95. The van der Waals surface area contributed by atoms with Gasteiger partial charge in [-0.25, -0.2) is 0 Å². The Morgan fingerprint density at radius 2 is 1.81 bits per heavy atom. The molecule has 1 aliphatic rings. The first kappa shape index (κ1) is 14.6. The number of hydrogen-bond acceptors (Lipinski definition) is 2. The molecule has 0 aliphatic carbocycles. The van der Waals surface area contributed by atoms with Gasteiger partial charge in [0.2, 0.25) is 0 Å². The summed E-state index contributed by atoms with van der Waals surface area (Å²) in [6, 6.07) is 5.33. The Kier molecular flexibility index (Phi) is 3.80. The first-order valence-corrected chi connectivity index (χ1v) is 7.97. The molecule has 0 bridgehead atoms. The zero-order valence-electron chi connectivity index (χ0n) is 13.6. The van der Waals surface area contributed by atoms with Crippen molar-refractivity contribution in [1.29, 1.82) is 0 Å². The van der Waals surface area contributed by atoms with Crippen LogP contribution in [-0.4, -0.2) is 26.7 Å². The van der Waals surface area contributed by atoms with Crippen molar-refractivity contribution in [3.05, 3.63) is 35.0 Å². The normalized spacial score (nSPS) is 16.9. The summed E-state index contributed by atoms with van der Waals surface area (Å²) in [4.78, 5) is 2.51. The standard InChI is InChI=1S/C18H26N2O/c1-12(2)20-10-15-7-17-14(6-5-13(3)21)9-19(4)18(17)8-16(15)11-20/h7-9,12-13,21H,5-6,10-11H2,1-4H3. The molecule has 1 aromatic carbocycles. The van der Waals surface area contributed by atoms with Crippen LogP contribution in [0.2, 0.25) is 0 Å². The Morgan fingerprint density at radius 1 is 1.14 bits per heavy atom. The highest BCUT2D eigenvalue weighted by atomic mass is 16.3. The molecule has 0 spiro atoms. The Labute approximate surface area is 127 Å². The van der Waals surface area contributed by atoms with Gasteiger partial charge in [-0.1, -0.05) is 0 Å². The van der Waals surface area contributed by atoms with Crippen molar-refractivity contribution in [2.45, 2.75) is 58.8 Å². The van der Waals surface area contributed by atoms with Crippen molar-refractivity contribution in [1.82, 2.24) is 9.47 Å². The summed E-state index contributed by atoms with van der Waals surface area (Å²) in [6.45, 7) is 8.52. The number of aliphatic hydroxyl groups is 1. The zero-order chi connectivity index (χ0) is 15.1. The van der Waals surface area contributed by atoms with Crippen LogP contribution < -0.4 is 0 Å². The maximum absolute atomic E-state index is 9.53. The largest absolute Gasteiger partial charge is 0.393 e. The Hall–Kier alpha value is -1.32. The molecule has 2 heterocycles. The molecule has 0 fully saturated rings. The quantitative estimate of drug-likeness (QED) is 0.935. The Balaban J connectivity index is 1.97. The van der Waals surface area contributed by atoms with Crippen molar-refractivity contribution < 1.29 is 5.11 Å². The van der Waals surface area contributed by atoms with E-state index in [0.29, 0.717) is 6.04 Å². The topological polar surface area (TPSA) is 28.4 Å². The molecule has 114 valence electrons. The fourth-order valence-electron chi connectivity index (χ4n) is 3.31. The van der Waals surface area contributed by atoms with Gasteiger partial charge >= 0.3 is 0 Å². The van der Waals surface area contributed by atoms with Crippen molar-refractivity contribution >= 4 is 10.9 Å². The van der Waals surface area contributed by atoms with Crippen LogP contribution in [0.4, 0.5) is 0 Å². The van der Waals surface area contributed by atoms with Gasteiger partial charge in [-0.15, -0.1) is 0 Å². The number of aliphatic hydroxyl groups excluding tert-OH is 1. The smallest absolute Gasteiger partial charge is 0.0515 e. The maximum Gasteiger partial charge on any atom is 0.0515 e. The van der Waals surface area contributed by atoms with E-state index in [2.05, 4.69) is 48.7 Å². The highest BCUT2D eigenvalue weighted by molar-refractivity contribution is 5.85. The van der Waals surface area contributed by atoms with Gasteiger partial charge in [0, 0.05) is 43.3 Å². The molecule has 1 aromatic heterocycles. The van der Waals surface area contributed by atoms with E-state index in [4.69, 9.17) is 0 Å². The lowest BCUT2D eigenvalue weighted by molar-refractivity contribution is 0.185. The molecule has 2 aromatic rings. The lowest BCUT2D eigenvalue weighted by atomic mass is 10.0. The summed E-state index contributed by atoms with van der Waals surface area (Å²) in [5.74, 6) is 0. The van der Waals surface area contributed by atoms with Crippen LogP contribution in [0, 0.1) is 0 Å². The van der Waals surface area contributed by atoms with E-state index in [0.717, 1.165) is 25.9 Å². The van der Waals surface area contributed by atoms with Crippen LogP contribution in [0.5, 0.6) is 0 Å². The van der Waals surface area contributed by atoms with Crippen LogP contribution in [0.25, 0.3) is 10.9 Å². The number of fused-ring (bicyclic) bond motifs is 2. The van der Waals surface area contributed by atoms with Crippen LogP contribution in [0.15, 0.2) is 18.3 Å². The van der Waals surface area contributed by atoms with Gasteiger partial charge in [-0.3, -0.25) is 4.90 Å². The van der Waals surface area contributed by atoms with Crippen LogP contribution in [-0.2, 0) is 26.6 Å². The van der Waals surface area contributed by atoms with E-state index < -0.39 is 0 Å². The zero-order valence-corrected chi connectivity index (χ0v) is 13.6. The van der Waals surface area contributed by atoms with Gasteiger partial charge < -0.3 is 9.67 Å². The van der Waals surface area contributed by atoms with E-state index in [1.165, 1.54) is 27.6 Å². The average molecular weight is 286 g/mol. The van der Waals surface area contributed by atoms with Crippen LogP contribution in [0.3, 0.4) is 0 Å². The van der Waals surface area contributed by atoms with Crippen LogP contribution >= 0.6 is 0 Å². The van der Waals surface area contributed by atoms with Crippen molar-refractivity contribution in [3.63, 3.8) is 0 Å². The highest BCUT2D eigenvalue weighted by Gasteiger charge is 2.22. The molecule has 1 unspecified atom stereocenters. The summed E-state index contributed by atoms with van der Waals surface area (Å²) >= 11 is 0. The molecule has 1 aliphatic heterocycles. The summed E-state index contributed by atoms with van der Waals surface area (Å²) < 4.78 is 2.23. The highest BCUT2D eigenvalue weighted by Crippen LogP contribution is 2.31. The van der Waals surface area contributed by atoms with Gasteiger partial charge in [0.25, 0.3) is 0 Å². The SMILES string of the molecule is CC(O)CCc1cn(C)c2cc3c(cc12)CN(C(C)C)C3. The maximum atomic E-state index is 9.53. The van der Waals surface area contributed by atoms with Gasteiger partial charge in [0.1, 0.15) is 0 Å². The third-order valence-electron chi connectivity index (χ3n) is 4.70. The van der Waals surface area contributed by atoms with Gasteiger partial charge in [-0.05, 0) is 62.4 Å². The minimum atomic E-state index is -0.230. The molecule has 3 rings (SSSR count). The molecular formula is C18H26N2O. The number of aromatic nitrogens is 1. The minimum absolute atomic E-state index is 0.230. The summed E-state index contributed by atoms with van der Waals surface area (Å²) in [5, 5.41) is 10.9. The van der Waals surface area contributed by atoms with E-state index in [-0.39, 0.29) is 6.10 Å². The number of nitrogens with zero attached hydrogens (tertiary/aromatic N) is 2. The fraction of sp³-hybridized carbons (Fsp3) is 0.556. The molecule has 0 saturated heterocycles. The summed E-state index contributed by atoms with van der Waals surface area (Å²) in [6.07, 6.45) is 3.77. The van der Waals surface area contributed by atoms with Gasteiger partial charge in [-0.2, -0.15) is 0 Å². The second-order valence-corrected chi connectivity index (χ2v) is 6.79. The average Bonchev–Trinajstić information content (AvgIpc) is 2.96. The van der Waals surface area contributed by atoms with E-state index in [1.54, 1.807) is 0 Å². The Bertz CT molecular complexity index is 655. The third-order valence-corrected chi connectivity index (χ3v) is 4.70. The molecule has 0 amide bonds. The molecule has 0 radical (unpaired) electrons. The predicted octanol–water partition coefficient (Wildman–Crippen LogP) is 3.22. The third kappa shape index (κ3) is 2.72. The molecule has 3 nitrogen and oxygen atoms in total. The summed E-state index contributed by atoms with van der Waals surface area (Å²) in [7, 11) is 2.12. The van der Waals surface area contributed by atoms with E-state index in [1.807, 2.05) is 6.92 Å². The van der Waals surface area contributed by atoms with Crippen molar-refractivity contribution in [3.8, 4) is 0 Å². The number of aryl methyl sites for hydroxylation is 2. The predicted molar refractivity (Wildman–Crippen MR) is 87.3 cm³/mol. The number of hydrogen-bond donors (Lipinski definition) is 1. The first-order valence-electron chi connectivity index (χ1n) is 7.97. The van der Waals surface area contributed by atoms with Crippen molar-refractivity contribution in [2.24, 2.45) is 7.05 Å². The summed E-state index contributed by atoms with van der Waals surface area (Å²) in [5.41, 5.74) is 5.62. The van der Waals surface area contributed by atoms with Gasteiger partial charge in [0.05, 0.1) is 6.10 Å². The number of benzene rings is 1. The van der Waals surface area contributed by atoms with E-state index >= 15 is 0 Å². The lowest BCUT2D eigenvalue weighted by Gasteiger charge is -2.18. The minimum Gasteiger partial charge on any atom is -0.393 e. The fourth-order valence-corrected chi connectivity index (χ4v) is 3.31. The molecule has 3 heteroatoms. The number of rotatable bonds is 4. The molecule has 1 atom stereocenters. The molecule has 0 saturated carbocycles. The van der Waals surface area contributed by atoms with Crippen LogP contribution in [0.1, 0.15) is 43.9 Å². The van der Waals surface area contributed by atoms with Crippen molar-refractivity contribution in [2.75, 3.05) is 0 Å². The molecule has 1 N–H and O–H groups in total. The van der Waals surface area contributed by atoms with Gasteiger partial charge in [0.15, 0.2) is 0 Å². The second kappa shape index (κ2) is 5.47. The Morgan fingerprint density at radius 3 is 2.43 bits per heavy atom. The lowest BCUT2D eigenvalue weighted by Crippen LogP contribution is -2.24. The van der Waals surface area contributed by atoms with E-state index in [9.17, 15) is 5.11 Å². The molecule has 21 heavy (non-hydrogen) atoms. The second-order valence-electron chi connectivity index (χ2n) is 6.79.